The van der Waals surface area contributed by atoms with Crippen molar-refractivity contribution < 1.29 is 14.6 Å². The van der Waals surface area contributed by atoms with Crippen LogP contribution in [0.2, 0.25) is 0 Å². The second-order valence-electron chi connectivity index (χ2n) is 8.11. The third-order valence-electron chi connectivity index (χ3n) is 5.98. The predicted octanol–water partition coefficient (Wildman–Crippen LogP) is 1.88. The number of thiophene rings is 1. The average molecular weight is 432 g/mol. The molecule has 7 nitrogen and oxygen atoms in total. The summed E-state index contributed by atoms with van der Waals surface area (Å²) < 4.78 is 7.19. The van der Waals surface area contributed by atoms with E-state index in [1.54, 1.807) is 20.8 Å². The van der Waals surface area contributed by atoms with Gasteiger partial charge in [-0.1, -0.05) is 0 Å². The molecule has 2 aromatic rings. The summed E-state index contributed by atoms with van der Waals surface area (Å²) in [5, 5.41) is 10.0. The maximum Gasteiger partial charge on any atom is 0.259 e. The van der Waals surface area contributed by atoms with Crippen LogP contribution in [0.4, 0.5) is 0 Å². The Balaban J connectivity index is 1.63. The van der Waals surface area contributed by atoms with E-state index in [0.29, 0.717) is 43.8 Å². The number of aliphatic hydroxyl groups is 1. The number of aliphatic hydroxyl groups excluding tert-OH is 1. The summed E-state index contributed by atoms with van der Waals surface area (Å²) in [5.41, 5.74) is 1.08. The molecule has 2 aliphatic heterocycles. The summed E-state index contributed by atoms with van der Waals surface area (Å²) in [4.78, 5) is 32.8. The Morgan fingerprint density at radius 1 is 1.27 bits per heavy atom. The monoisotopic (exact) mass is 431 g/mol. The first-order valence-corrected chi connectivity index (χ1v) is 11.3. The maximum absolute atomic E-state index is 13.4. The van der Waals surface area contributed by atoms with Crippen molar-refractivity contribution in [2.75, 3.05) is 33.3 Å². The minimum Gasteiger partial charge on any atom is -0.496 e. The standard InChI is InChI=1S/C22H29N3O4S/c1-15-5-6-17(30-15)14-23-9-7-18-21(22(28)24-8-3-4-16(26)13-24)19(29-2)12-20(27)25(18)11-10-23/h5-6,12,16,26H,3-4,7-11,13-14H2,1-2H3/t16-/m0/s1. The number of aromatic nitrogens is 1. The number of nitrogens with zero attached hydrogens (tertiary/aromatic N) is 3. The van der Waals surface area contributed by atoms with Crippen molar-refractivity contribution in [1.29, 1.82) is 0 Å². The fraction of sp³-hybridized carbons (Fsp3) is 0.545. The highest BCUT2D eigenvalue weighted by Gasteiger charge is 2.30. The lowest BCUT2D eigenvalue weighted by molar-refractivity contribution is 0.0469. The number of carbonyl (C=O) groups is 1. The summed E-state index contributed by atoms with van der Waals surface area (Å²) in [6, 6.07) is 5.71. The van der Waals surface area contributed by atoms with Crippen LogP contribution in [0, 0.1) is 6.92 Å². The Bertz CT molecular complexity index is 983. The number of β-amino-alcohol motifs (C(OH)–C–C–N with tert-alkyl or cyclic N) is 1. The van der Waals surface area contributed by atoms with E-state index in [1.165, 1.54) is 22.9 Å². The molecule has 1 fully saturated rings. The third-order valence-corrected chi connectivity index (χ3v) is 6.96. The molecular formula is C22H29N3O4S. The number of ether oxygens (including phenoxy) is 1. The van der Waals surface area contributed by atoms with Gasteiger partial charge >= 0.3 is 0 Å². The molecule has 1 atom stereocenters. The summed E-state index contributed by atoms with van der Waals surface area (Å²) in [5.74, 6) is 0.176. The van der Waals surface area contributed by atoms with Gasteiger partial charge in [-0.2, -0.15) is 0 Å². The fourth-order valence-corrected chi connectivity index (χ4v) is 5.36. The quantitative estimate of drug-likeness (QED) is 0.800. The SMILES string of the molecule is COc1cc(=O)n2c(c1C(=O)N1CCC[C@H](O)C1)CCN(Cc1ccc(C)s1)CC2. The number of piperidine rings is 1. The van der Waals surface area contributed by atoms with Gasteiger partial charge in [0.25, 0.3) is 11.5 Å². The van der Waals surface area contributed by atoms with Crippen LogP contribution in [0.1, 0.15) is 38.6 Å². The number of carbonyl (C=O) groups excluding carboxylic acids is 1. The second kappa shape index (κ2) is 8.91. The predicted molar refractivity (Wildman–Crippen MR) is 116 cm³/mol. The van der Waals surface area contributed by atoms with Crippen LogP contribution in [0.3, 0.4) is 0 Å². The van der Waals surface area contributed by atoms with Crippen LogP contribution in [-0.4, -0.2) is 64.8 Å². The number of aryl methyl sites for hydroxylation is 1. The number of likely N-dealkylation sites (tertiary alicyclic amines) is 1. The number of amides is 1. The Morgan fingerprint density at radius 2 is 2.10 bits per heavy atom. The van der Waals surface area contributed by atoms with Crippen LogP contribution in [0.5, 0.6) is 5.75 Å². The van der Waals surface area contributed by atoms with Gasteiger partial charge in [-0.3, -0.25) is 14.5 Å². The largest absolute Gasteiger partial charge is 0.496 e. The lowest BCUT2D eigenvalue weighted by Gasteiger charge is -2.31. The van der Waals surface area contributed by atoms with Gasteiger partial charge in [-0.05, 0) is 31.9 Å². The molecule has 1 saturated heterocycles. The van der Waals surface area contributed by atoms with E-state index in [0.717, 1.165) is 31.7 Å². The summed E-state index contributed by atoms with van der Waals surface area (Å²) >= 11 is 1.79. The molecular weight excluding hydrogens is 402 g/mol. The molecule has 2 aliphatic rings. The van der Waals surface area contributed by atoms with Crippen molar-refractivity contribution in [1.82, 2.24) is 14.4 Å². The maximum atomic E-state index is 13.4. The van der Waals surface area contributed by atoms with E-state index in [-0.39, 0.29) is 11.5 Å². The first-order chi connectivity index (χ1) is 14.5. The van der Waals surface area contributed by atoms with Crippen molar-refractivity contribution in [3.8, 4) is 5.75 Å². The molecule has 0 aliphatic carbocycles. The normalized spacial score (nSPS) is 20.0. The minimum absolute atomic E-state index is 0.133. The van der Waals surface area contributed by atoms with E-state index >= 15 is 0 Å². The molecule has 1 N–H and O–H groups in total. The topological polar surface area (TPSA) is 75.0 Å². The first kappa shape index (κ1) is 21.1. The zero-order valence-corrected chi connectivity index (χ0v) is 18.4. The van der Waals surface area contributed by atoms with Gasteiger partial charge in [0.2, 0.25) is 0 Å². The smallest absolute Gasteiger partial charge is 0.259 e. The Kier molecular flexibility index (Phi) is 6.26. The number of hydrogen-bond donors (Lipinski definition) is 1. The van der Waals surface area contributed by atoms with E-state index in [1.807, 2.05) is 0 Å². The number of methoxy groups -OCH3 is 1. The number of fused-ring (bicyclic) bond motifs is 1. The highest BCUT2D eigenvalue weighted by Crippen LogP contribution is 2.26. The van der Waals surface area contributed by atoms with E-state index in [2.05, 4.69) is 24.0 Å². The molecule has 8 heteroatoms. The van der Waals surface area contributed by atoms with Crippen molar-refractivity contribution in [3.05, 3.63) is 49.6 Å². The average Bonchev–Trinajstić information content (AvgIpc) is 3.02. The fourth-order valence-electron chi connectivity index (χ4n) is 4.43. The van der Waals surface area contributed by atoms with Crippen molar-refractivity contribution >= 4 is 17.2 Å². The number of hydrogen-bond acceptors (Lipinski definition) is 6. The van der Waals surface area contributed by atoms with Crippen LogP contribution < -0.4 is 10.3 Å². The van der Waals surface area contributed by atoms with Gasteiger partial charge in [0, 0.05) is 67.2 Å². The van der Waals surface area contributed by atoms with Crippen molar-refractivity contribution in [2.24, 2.45) is 0 Å². The Hall–Kier alpha value is -2.16. The van der Waals surface area contributed by atoms with Gasteiger partial charge in [0.05, 0.1) is 13.2 Å². The van der Waals surface area contributed by atoms with Crippen LogP contribution in [0.15, 0.2) is 23.0 Å². The van der Waals surface area contributed by atoms with Crippen molar-refractivity contribution in [3.63, 3.8) is 0 Å². The summed E-state index contributed by atoms with van der Waals surface area (Å²) in [6.45, 7) is 5.96. The van der Waals surface area contributed by atoms with Crippen LogP contribution in [0.25, 0.3) is 0 Å². The molecule has 0 spiro atoms. The third kappa shape index (κ3) is 4.31. The molecule has 0 aromatic carbocycles. The van der Waals surface area contributed by atoms with E-state index in [9.17, 15) is 14.7 Å². The highest BCUT2D eigenvalue weighted by atomic mass is 32.1. The zero-order chi connectivity index (χ0) is 21.3. The number of pyridine rings is 1. The lowest BCUT2D eigenvalue weighted by Crippen LogP contribution is -2.43. The molecule has 0 bridgehead atoms. The van der Waals surface area contributed by atoms with Crippen molar-refractivity contribution in [2.45, 2.75) is 45.4 Å². The molecule has 4 heterocycles. The first-order valence-electron chi connectivity index (χ1n) is 10.5. The molecule has 4 rings (SSSR count). The van der Waals surface area contributed by atoms with Gasteiger partial charge in [0.1, 0.15) is 11.3 Å². The molecule has 30 heavy (non-hydrogen) atoms. The summed E-state index contributed by atoms with van der Waals surface area (Å²) in [7, 11) is 1.50. The molecule has 0 unspecified atom stereocenters. The molecule has 0 saturated carbocycles. The highest BCUT2D eigenvalue weighted by molar-refractivity contribution is 7.11. The van der Waals surface area contributed by atoms with Crippen LogP contribution in [-0.2, 0) is 19.5 Å². The zero-order valence-electron chi connectivity index (χ0n) is 17.6. The van der Waals surface area contributed by atoms with Gasteiger partial charge in [-0.15, -0.1) is 11.3 Å². The number of rotatable bonds is 4. The Labute approximate surface area is 180 Å². The minimum atomic E-state index is -0.497. The molecule has 2 aromatic heterocycles. The van der Waals surface area contributed by atoms with Gasteiger partial charge in [0.15, 0.2) is 0 Å². The molecule has 1 amide bonds. The van der Waals surface area contributed by atoms with E-state index in [4.69, 9.17) is 4.74 Å². The van der Waals surface area contributed by atoms with Gasteiger partial charge in [-0.25, -0.2) is 0 Å². The molecule has 0 radical (unpaired) electrons. The molecule has 162 valence electrons. The van der Waals surface area contributed by atoms with E-state index < -0.39 is 6.10 Å². The summed E-state index contributed by atoms with van der Waals surface area (Å²) in [6.07, 6.45) is 1.60. The van der Waals surface area contributed by atoms with Crippen LogP contribution >= 0.6 is 11.3 Å². The Morgan fingerprint density at radius 3 is 2.80 bits per heavy atom. The second-order valence-corrected chi connectivity index (χ2v) is 9.48. The lowest BCUT2D eigenvalue weighted by atomic mass is 10.0. The van der Waals surface area contributed by atoms with Gasteiger partial charge < -0.3 is 19.3 Å².